The largest absolute Gasteiger partial charge is 0.366 e. The molecule has 1 aliphatic heterocycles. The van der Waals surface area contributed by atoms with Crippen molar-refractivity contribution in [1.29, 1.82) is 0 Å². The summed E-state index contributed by atoms with van der Waals surface area (Å²) >= 11 is 0. The molecule has 2 heterocycles. The summed E-state index contributed by atoms with van der Waals surface area (Å²) in [5.41, 5.74) is 1.24. The fraction of sp³-hybridized carbons (Fsp3) is 0.500. The molecule has 22 heavy (non-hydrogen) atoms. The molecule has 0 radical (unpaired) electrons. The normalized spacial score (nSPS) is 15.3. The van der Waals surface area contributed by atoms with E-state index in [1.165, 1.54) is 37.9 Å². The summed E-state index contributed by atoms with van der Waals surface area (Å²) in [6.07, 6.45) is 6.04. The van der Waals surface area contributed by atoms with Gasteiger partial charge in [-0.3, -0.25) is 0 Å². The van der Waals surface area contributed by atoms with Crippen molar-refractivity contribution in [2.45, 2.75) is 25.8 Å². The van der Waals surface area contributed by atoms with E-state index in [1.54, 1.807) is 0 Å². The Bertz CT molecular complexity index is 536. The van der Waals surface area contributed by atoms with Crippen LogP contribution in [-0.4, -0.2) is 46.1 Å². The van der Waals surface area contributed by atoms with Crippen molar-refractivity contribution >= 4 is 18.2 Å². The molecule has 0 atom stereocenters. The van der Waals surface area contributed by atoms with E-state index in [4.69, 9.17) is 0 Å². The molecule has 1 aromatic heterocycles. The molecule has 6 heteroatoms. The van der Waals surface area contributed by atoms with Crippen LogP contribution in [0.4, 0.5) is 5.82 Å². The van der Waals surface area contributed by atoms with Gasteiger partial charge in [0.25, 0.3) is 0 Å². The lowest BCUT2D eigenvalue weighted by Crippen LogP contribution is -2.33. The molecular weight excluding hydrogens is 298 g/mol. The number of nitrogens with zero attached hydrogens (tertiary/aromatic N) is 4. The minimum absolute atomic E-state index is 0. The summed E-state index contributed by atoms with van der Waals surface area (Å²) < 4.78 is 1.87. The average Bonchev–Trinajstić information content (AvgIpc) is 2.97. The van der Waals surface area contributed by atoms with Crippen molar-refractivity contribution in [3.8, 4) is 0 Å². The third-order valence-electron chi connectivity index (χ3n) is 3.91. The van der Waals surface area contributed by atoms with Crippen molar-refractivity contribution < 1.29 is 0 Å². The first-order chi connectivity index (χ1) is 10.4. The van der Waals surface area contributed by atoms with E-state index in [1.807, 2.05) is 29.1 Å². The minimum Gasteiger partial charge on any atom is -0.366 e. The molecule has 3 rings (SSSR count). The van der Waals surface area contributed by atoms with Gasteiger partial charge < -0.3 is 10.2 Å². The summed E-state index contributed by atoms with van der Waals surface area (Å²) in [5, 5.41) is 11.7. The first-order valence-electron chi connectivity index (χ1n) is 7.80. The zero-order valence-electron chi connectivity index (χ0n) is 12.8. The molecular formula is C16H24ClN5. The zero-order valence-corrected chi connectivity index (χ0v) is 13.6. The van der Waals surface area contributed by atoms with E-state index < -0.39 is 0 Å². The Kier molecular flexibility index (Phi) is 6.68. The number of aromatic nitrogens is 3. The first kappa shape index (κ1) is 16.8. The molecule has 1 aliphatic rings. The molecule has 0 unspecified atom stereocenters. The van der Waals surface area contributed by atoms with Gasteiger partial charge in [0.05, 0.1) is 12.7 Å². The standard InChI is InChI=1S/C16H23N5.ClH/c1-3-7-15(8-4-1)13-21-14-16(18-19-21)17-9-12-20-10-5-2-6-11-20;/h1,3-4,7-8,14,17H,2,5-6,9-13H2;1H. The van der Waals surface area contributed by atoms with Crippen LogP contribution < -0.4 is 5.32 Å². The van der Waals surface area contributed by atoms with Crippen molar-refractivity contribution in [1.82, 2.24) is 19.9 Å². The van der Waals surface area contributed by atoms with Gasteiger partial charge in [-0.25, -0.2) is 4.68 Å². The number of hydrogen-bond acceptors (Lipinski definition) is 4. The van der Waals surface area contributed by atoms with Gasteiger partial charge in [0.2, 0.25) is 0 Å². The Morgan fingerprint density at radius 1 is 1.05 bits per heavy atom. The van der Waals surface area contributed by atoms with Gasteiger partial charge in [-0.15, -0.1) is 17.5 Å². The van der Waals surface area contributed by atoms with Crippen LogP contribution in [0.15, 0.2) is 36.5 Å². The highest BCUT2D eigenvalue weighted by molar-refractivity contribution is 5.85. The van der Waals surface area contributed by atoms with Gasteiger partial charge in [-0.05, 0) is 31.5 Å². The second kappa shape index (κ2) is 8.76. The van der Waals surface area contributed by atoms with Crippen LogP contribution >= 0.6 is 12.4 Å². The molecule has 0 aliphatic carbocycles. The molecule has 1 aromatic carbocycles. The predicted octanol–water partition coefficient (Wildman–Crippen LogP) is 2.65. The van der Waals surface area contributed by atoms with Crippen molar-refractivity contribution in [2.24, 2.45) is 0 Å². The average molecular weight is 322 g/mol. The van der Waals surface area contributed by atoms with Crippen molar-refractivity contribution in [3.63, 3.8) is 0 Å². The number of piperidine rings is 1. The highest BCUT2D eigenvalue weighted by Crippen LogP contribution is 2.08. The Labute approximate surface area is 138 Å². The predicted molar refractivity (Wildman–Crippen MR) is 91.6 cm³/mol. The molecule has 0 bridgehead atoms. The molecule has 1 saturated heterocycles. The van der Waals surface area contributed by atoms with Gasteiger partial charge in [-0.2, -0.15) is 0 Å². The molecule has 0 spiro atoms. The van der Waals surface area contributed by atoms with Crippen LogP contribution in [0.1, 0.15) is 24.8 Å². The van der Waals surface area contributed by atoms with Crippen LogP contribution in [0.3, 0.4) is 0 Å². The maximum atomic E-state index is 4.18. The van der Waals surface area contributed by atoms with Crippen molar-refractivity contribution in [3.05, 3.63) is 42.1 Å². The molecule has 5 nitrogen and oxygen atoms in total. The summed E-state index contributed by atoms with van der Waals surface area (Å²) in [6.45, 7) is 5.27. The minimum atomic E-state index is 0. The van der Waals surface area contributed by atoms with E-state index in [2.05, 4.69) is 32.7 Å². The summed E-state index contributed by atoms with van der Waals surface area (Å²) in [5.74, 6) is 0.864. The smallest absolute Gasteiger partial charge is 0.168 e. The third-order valence-corrected chi connectivity index (χ3v) is 3.91. The molecule has 0 saturated carbocycles. The maximum Gasteiger partial charge on any atom is 0.168 e. The third kappa shape index (κ3) is 5.00. The fourth-order valence-corrected chi connectivity index (χ4v) is 2.75. The van der Waals surface area contributed by atoms with Gasteiger partial charge >= 0.3 is 0 Å². The number of nitrogens with one attached hydrogen (secondary N) is 1. The van der Waals surface area contributed by atoms with E-state index in [0.29, 0.717) is 0 Å². The Balaban J connectivity index is 0.00000176. The van der Waals surface area contributed by atoms with E-state index in [9.17, 15) is 0 Å². The first-order valence-corrected chi connectivity index (χ1v) is 7.80. The molecule has 1 N–H and O–H groups in total. The SMILES string of the molecule is Cl.c1ccc(Cn2cc(NCCN3CCCCC3)nn2)cc1. The van der Waals surface area contributed by atoms with Crippen molar-refractivity contribution in [2.75, 3.05) is 31.5 Å². The number of benzene rings is 1. The fourth-order valence-electron chi connectivity index (χ4n) is 2.75. The van der Waals surface area contributed by atoms with Gasteiger partial charge in [-0.1, -0.05) is 42.0 Å². The molecule has 0 amide bonds. The summed E-state index contributed by atoms with van der Waals surface area (Å²) in [4.78, 5) is 2.52. The van der Waals surface area contributed by atoms with Crippen LogP contribution in [0.5, 0.6) is 0 Å². The second-order valence-corrected chi connectivity index (χ2v) is 5.62. The highest BCUT2D eigenvalue weighted by atomic mass is 35.5. The zero-order chi connectivity index (χ0) is 14.3. The van der Waals surface area contributed by atoms with E-state index >= 15 is 0 Å². The maximum absolute atomic E-state index is 4.18. The lowest BCUT2D eigenvalue weighted by atomic mass is 10.1. The number of rotatable bonds is 6. The Morgan fingerprint density at radius 3 is 2.59 bits per heavy atom. The van der Waals surface area contributed by atoms with Crippen LogP contribution in [0.2, 0.25) is 0 Å². The topological polar surface area (TPSA) is 46.0 Å². The molecule has 120 valence electrons. The van der Waals surface area contributed by atoms with Gasteiger partial charge in [0.1, 0.15) is 0 Å². The lowest BCUT2D eigenvalue weighted by molar-refractivity contribution is 0.237. The second-order valence-electron chi connectivity index (χ2n) is 5.62. The Morgan fingerprint density at radius 2 is 1.82 bits per heavy atom. The number of hydrogen-bond donors (Lipinski definition) is 1. The monoisotopic (exact) mass is 321 g/mol. The number of likely N-dealkylation sites (tertiary alicyclic amines) is 1. The Hall–Kier alpha value is -1.59. The summed E-state index contributed by atoms with van der Waals surface area (Å²) in [7, 11) is 0. The van der Waals surface area contributed by atoms with Gasteiger partial charge in [0, 0.05) is 13.1 Å². The van der Waals surface area contributed by atoms with E-state index in [-0.39, 0.29) is 12.4 Å². The molecule has 2 aromatic rings. The highest BCUT2D eigenvalue weighted by Gasteiger charge is 2.09. The van der Waals surface area contributed by atoms with Crippen LogP contribution in [0, 0.1) is 0 Å². The quantitative estimate of drug-likeness (QED) is 0.888. The molecule has 1 fully saturated rings. The van der Waals surface area contributed by atoms with Crippen LogP contribution in [-0.2, 0) is 6.54 Å². The van der Waals surface area contributed by atoms with Gasteiger partial charge in [0.15, 0.2) is 5.82 Å². The lowest BCUT2D eigenvalue weighted by Gasteiger charge is -2.26. The summed E-state index contributed by atoms with van der Waals surface area (Å²) in [6, 6.07) is 10.3. The number of halogens is 1. The van der Waals surface area contributed by atoms with Crippen LogP contribution in [0.25, 0.3) is 0 Å². The van der Waals surface area contributed by atoms with E-state index in [0.717, 1.165) is 25.5 Å². The number of anilines is 1.